The Morgan fingerprint density at radius 2 is 1.64 bits per heavy atom. The van der Waals surface area contributed by atoms with Crippen LogP contribution >= 0.6 is 0 Å². The van der Waals surface area contributed by atoms with Gasteiger partial charge in [-0.05, 0) is 62.4 Å². The van der Waals surface area contributed by atoms with E-state index in [1.165, 1.54) is 0 Å². The van der Waals surface area contributed by atoms with Crippen molar-refractivity contribution >= 4 is 28.2 Å². The van der Waals surface area contributed by atoms with Crippen LogP contribution < -0.4 is 15.4 Å². The molecule has 4 heterocycles. The lowest BCUT2D eigenvalue weighted by molar-refractivity contribution is 0.465. The van der Waals surface area contributed by atoms with Gasteiger partial charge in [0.25, 0.3) is 0 Å². The van der Waals surface area contributed by atoms with E-state index in [-0.39, 0.29) is 0 Å². The van der Waals surface area contributed by atoms with Gasteiger partial charge >= 0.3 is 0 Å². The zero-order valence-electron chi connectivity index (χ0n) is 21.6. The molecule has 0 aliphatic carbocycles. The molecule has 0 unspecified atom stereocenters. The maximum Gasteiger partial charge on any atom is 0.228 e. The van der Waals surface area contributed by atoms with Gasteiger partial charge in [-0.15, -0.1) is 10.2 Å². The van der Waals surface area contributed by atoms with Crippen molar-refractivity contribution < 1.29 is 4.74 Å². The minimum absolute atomic E-state index is 0.454. The predicted octanol–water partition coefficient (Wildman–Crippen LogP) is 5.86. The average Bonchev–Trinajstić information content (AvgIpc) is 3.31. The maximum atomic E-state index is 6.13. The van der Waals surface area contributed by atoms with E-state index < -0.39 is 0 Å². The molecule has 2 N–H and O–H groups in total. The largest absolute Gasteiger partial charge is 0.438 e. The first-order valence-corrected chi connectivity index (χ1v) is 12.4. The Kier molecular flexibility index (Phi) is 6.26. The van der Waals surface area contributed by atoms with E-state index in [2.05, 4.69) is 40.9 Å². The minimum atomic E-state index is 0.454. The van der Waals surface area contributed by atoms with Crippen molar-refractivity contribution in [3.8, 4) is 28.7 Å². The van der Waals surface area contributed by atoms with Crippen LogP contribution in [0.5, 0.6) is 11.6 Å². The summed E-state index contributed by atoms with van der Waals surface area (Å²) in [5.74, 6) is 2.97. The lowest BCUT2D eigenvalue weighted by Crippen LogP contribution is -2.06. The number of hydrogen-bond acceptors (Lipinski definition) is 9. The maximum absolute atomic E-state index is 6.13. The number of pyridine rings is 1. The van der Waals surface area contributed by atoms with Crippen molar-refractivity contribution in [1.82, 2.24) is 34.9 Å². The fraction of sp³-hybridized carbons (Fsp3) is 0.103. The highest BCUT2D eigenvalue weighted by Gasteiger charge is 2.14. The van der Waals surface area contributed by atoms with Crippen LogP contribution in [0.25, 0.3) is 27.8 Å². The summed E-state index contributed by atoms with van der Waals surface area (Å²) in [6.45, 7) is 3.97. The molecule has 192 valence electrons. The second-order valence-electron chi connectivity index (χ2n) is 8.88. The van der Waals surface area contributed by atoms with Crippen LogP contribution in [0.1, 0.15) is 11.4 Å². The zero-order valence-corrected chi connectivity index (χ0v) is 21.6. The fourth-order valence-electron chi connectivity index (χ4n) is 4.33. The molecule has 6 rings (SSSR count). The second-order valence-corrected chi connectivity index (χ2v) is 8.88. The average molecular weight is 516 g/mol. The number of fused-ring (bicyclic) bond motifs is 1. The highest BCUT2D eigenvalue weighted by Crippen LogP contribution is 2.32. The molecule has 4 aromatic heterocycles. The molecule has 0 saturated heterocycles. The third-order valence-corrected chi connectivity index (χ3v) is 6.14. The Balaban J connectivity index is 1.26. The molecule has 0 aliphatic rings. The van der Waals surface area contributed by atoms with E-state index in [1.807, 2.05) is 91.3 Å². The van der Waals surface area contributed by atoms with Crippen molar-refractivity contribution in [2.24, 2.45) is 0 Å². The summed E-state index contributed by atoms with van der Waals surface area (Å²) in [5.41, 5.74) is 4.26. The summed E-state index contributed by atoms with van der Waals surface area (Å²) in [5, 5.41) is 21.8. The van der Waals surface area contributed by atoms with Gasteiger partial charge in [-0.3, -0.25) is 0 Å². The second kappa shape index (κ2) is 10.2. The highest BCUT2D eigenvalue weighted by atomic mass is 16.5. The Hall–Kier alpha value is -5.38. The molecule has 0 spiro atoms. The van der Waals surface area contributed by atoms with Gasteiger partial charge in [-0.25, -0.2) is 19.6 Å². The number of ether oxygens (including phenoxy) is 1. The Labute approximate surface area is 224 Å². The van der Waals surface area contributed by atoms with Gasteiger partial charge in [0, 0.05) is 41.6 Å². The number of nitrogens with zero attached hydrogens (tertiary/aromatic N) is 7. The van der Waals surface area contributed by atoms with Gasteiger partial charge in [-0.2, -0.15) is 5.10 Å². The molecule has 0 fully saturated rings. The number of aryl methyl sites for hydroxylation is 2. The molecule has 6 aromatic rings. The third kappa shape index (κ3) is 4.82. The van der Waals surface area contributed by atoms with Crippen LogP contribution in [0.2, 0.25) is 0 Å². The summed E-state index contributed by atoms with van der Waals surface area (Å²) in [6.07, 6.45) is 3.39. The predicted molar refractivity (Wildman–Crippen MR) is 151 cm³/mol. The van der Waals surface area contributed by atoms with E-state index in [4.69, 9.17) is 4.74 Å². The lowest BCUT2D eigenvalue weighted by atomic mass is 10.1. The first kappa shape index (κ1) is 24.0. The van der Waals surface area contributed by atoms with E-state index in [0.29, 0.717) is 34.9 Å². The minimum Gasteiger partial charge on any atom is -0.438 e. The fourth-order valence-corrected chi connectivity index (χ4v) is 4.33. The van der Waals surface area contributed by atoms with Crippen molar-refractivity contribution in [3.63, 3.8) is 0 Å². The van der Waals surface area contributed by atoms with E-state index in [9.17, 15) is 0 Å². The summed E-state index contributed by atoms with van der Waals surface area (Å²) < 4.78 is 7.96. The molecule has 10 nitrogen and oxygen atoms in total. The first-order valence-electron chi connectivity index (χ1n) is 12.4. The number of rotatable bonds is 7. The topological polar surface area (TPSA) is 116 Å². The summed E-state index contributed by atoms with van der Waals surface area (Å²) >= 11 is 0. The van der Waals surface area contributed by atoms with Gasteiger partial charge in [0.1, 0.15) is 5.75 Å². The summed E-state index contributed by atoms with van der Waals surface area (Å²) in [4.78, 5) is 13.1. The summed E-state index contributed by atoms with van der Waals surface area (Å²) in [7, 11) is 1.78. The monoisotopic (exact) mass is 515 g/mol. The highest BCUT2D eigenvalue weighted by molar-refractivity contribution is 5.97. The smallest absolute Gasteiger partial charge is 0.228 e. The molecule has 10 heteroatoms. The molecule has 0 atom stereocenters. The molecular formula is C29H25N9O. The number of nitrogens with one attached hydrogen (secondary N) is 2. The normalized spacial score (nSPS) is 10.9. The quantitative estimate of drug-likeness (QED) is 0.270. The summed E-state index contributed by atoms with van der Waals surface area (Å²) in [6, 6.07) is 23.2. The first-order chi connectivity index (χ1) is 19.1. The zero-order chi connectivity index (χ0) is 26.8. The van der Waals surface area contributed by atoms with Gasteiger partial charge in [0.05, 0.1) is 17.0 Å². The molecule has 39 heavy (non-hydrogen) atoms. The number of benzene rings is 2. The van der Waals surface area contributed by atoms with Crippen molar-refractivity contribution in [1.29, 1.82) is 0 Å². The molecular weight excluding hydrogens is 490 g/mol. The SMILES string of the molecule is CNc1nccc(-c2cccnc2Oc2ccc(Nc3nnc(-n4nc(C)cc4C)c4ccccc34)cc2)n1. The number of aromatic nitrogens is 7. The van der Waals surface area contributed by atoms with Crippen LogP contribution in [0, 0.1) is 13.8 Å². The number of anilines is 3. The van der Waals surface area contributed by atoms with E-state index in [0.717, 1.165) is 33.4 Å². The Morgan fingerprint density at radius 3 is 2.41 bits per heavy atom. The third-order valence-electron chi connectivity index (χ3n) is 6.14. The molecule has 0 saturated carbocycles. The standard InChI is InChI=1S/C29H25N9O/c1-18-17-19(2)38(37-18)27-23-8-5-4-7-22(23)26(35-36-27)33-20-10-12-21(13-11-20)39-28-24(9-6-15-31-28)25-14-16-32-29(30-3)34-25/h4-17H,1-3H3,(H,33,35)(H,30,32,34). The van der Waals surface area contributed by atoms with E-state index in [1.54, 1.807) is 19.4 Å². The van der Waals surface area contributed by atoms with Crippen LogP contribution in [0.4, 0.5) is 17.5 Å². The van der Waals surface area contributed by atoms with Gasteiger partial charge in [0.2, 0.25) is 11.8 Å². The van der Waals surface area contributed by atoms with Crippen molar-refractivity contribution in [2.75, 3.05) is 17.7 Å². The Bertz CT molecular complexity index is 1780. The molecule has 0 aliphatic heterocycles. The van der Waals surface area contributed by atoms with Gasteiger partial charge in [-0.1, -0.05) is 24.3 Å². The molecule has 0 radical (unpaired) electrons. The van der Waals surface area contributed by atoms with Crippen LogP contribution in [0.15, 0.2) is 85.2 Å². The van der Waals surface area contributed by atoms with Crippen molar-refractivity contribution in [3.05, 3.63) is 96.6 Å². The molecule has 0 amide bonds. The number of hydrogen-bond donors (Lipinski definition) is 2. The van der Waals surface area contributed by atoms with Crippen LogP contribution in [-0.4, -0.2) is 42.0 Å². The Morgan fingerprint density at radius 1 is 0.821 bits per heavy atom. The molecule has 0 bridgehead atoms. The van der Waals surface area contributed by atoms with E-state index >= 15 is 0 Å². The van der Waals surface area contributed by atoms with Crippen LogP contribution in [0.3, 0.4) is 0 Å². The lowest BCUT2D eigenvalue weighted by Gasteiger charge is -2.13. The van der Waals surface area contributed by atoms with Crippen LogP contribution in [-0.2, 0) is 0 Å². The van der Waals surface area contributed by atoms with Gasteiger partial charge in [0.15, 0.2) is 11.6 Å². The van der Waals surface area contributed by atoms with Gasteiger partial charge < -0.3 is 15.4 Å². The molecule has 2 aromatic carbocycles. The van der Waals surface area contributed by atoms with Crippen molar-refractivity contribution in [2.45, 2.75) is 13.8 Å².